The number of carbonyl (C=O) groups is 1. The van der Waals surface area contributed by atoms with E-state index in [1.807, 2.05) is 12.1 Å². The third-order valence-corrected chi connectivity index (χ3v) is 6.26. The van der Waals surface area contributed by atoms with Crippen LogP contribution in [0.2, 0.25) is 0 Å². The molecule has 0 unspecified atom stereocenters. The average molecular weight is 595 g/mol. The van der Waals surface area contributed by atoms with Crippen LogP contribution in [0.3, 0.4) is 0 Å². The van der Waals surface area contributed by atoms with Gasteiger partial charge in [0.1, 0.15) is 5.39 Å². The number of hydrogen-bond acceptors (Lipinski definition) is 9. The fourth-order valence-electron chi connectivity index (χ4n) is 3.99. The quantitative estimate of drug-likeness (QED) is 0.276. The second-order valence-corrected chi connectivity index (χ2v) is 9.11. The lowest BCUT2D eigenvalue weighted by atomic mass is 10.2. The van der Waals surface area contributed by atoms with Crippen molar-refractivity contribution in [1.82, 2.24) is 24.4 Å². The van der Waals surface area contributed by atoms with Gasteiger partial charge in [0.05, 0.1) is 20.8 Å². The fourth-order valence-corrected chi connectivity index (χ4v) is 3.99. The first kappa shape index (κ1) is 30.6. The molecule has 43 heavy (non-hydrogen) atoms. The number of nitrogens with two attached hydrogens (primary N) is 1. The number of benzene rings is 1. The van der Waals surface area contributed by atoms with Crippen LogP contribution in [0.25, 0.3) is 11.1 Å². The molecule has 0 aliphatic carbocycles. The molecule has 14 heteroatoms. The van der Waals surface area contributed by atoms with E-state index in [4.69, 9.17) is 19.6 Å². The summed E-state index contributed by atoms with van der Waals surface area (Å²) in [4.78, 5) is 46.1. The maximum atomic E-state index is 13.5. The molecule has 0 bridgehead atoms. The van der Waals surface area contributed by atoms with E-state index < -0.39 is 28.8 Å². The Balaban J connectivity index is 0.000000359. The van der Waals surface area contributed by atoms with Gasteiger partial charge in [0.2, 0.25) is 17.5 Å². The minimum absolute atomic E-state index is 0.00425. The van der Waals surface area contributed by atoms with E-state index >= 15 is 0 Å². The van der Waals surface area contributed by atoms with Crippen LogP contribution in [0.15, 0.2) is 74.9 Å². The Morgan fingerprint density at radius 1 is 0.930 bits per heavy atom. The summed E-state index contributed by atoms with van der Waals surface area (Å²) in [6.07, 6.45) is 3.22. The molecule has 0 saturated carbocycles. The van der Waals surface area contributed by atoms with Gasteiger partial charge in [-0.1, -0.05) is 6.07 Å². The molecule has 0 aliphatic rings. The predicted octanol–water partition coefficient (Wildman–Crippen LogP) is 2.50. The van der Waals surface area contributed by atoms with Gasteiger partial charge in [-0.05, 0) is 41.0 Å². The number of aromatic nitrogens is 4. The molecule has 0 aliphatic heterocycles. The van der Waals surface area contributed by atoms with E-state index in [0.29, 0.717) is 18.3 Å². The number of aryl methyl sites for hydroxylation is 1. The Morgan fingerprint density at radius 3 is 2.21 bits per heavy atom. The Kier molecular flexibility index (Phi) is 9.62. The minimum Gasteiger partial charge on any atom is -0.481 e. The summed E-state index contributed by atoms with van der Waals surface area (Å²) < 4.78 is 44.1. The van der Waals surface area contributed by atoms with Gasteiger partial charge in [0.25, 0.3) is 11.5 Å². The number of rotatable bonds is 8. The number of methoxy groups -OCH3 is 2. The van der Waals surface area contributed by atoms with Crippen LogP contribution in [0.1, 0.15) is 27.2 Å². The molecule has 1 aromatic carbocycles. The van der Waals surface area contributed by atoms with E-state index in [9.17, 15) is 23.2 Å². The molecule has 0 saturated heterocycles. The van der Waals surface area contributed by atoms with Crippen LogP contribution >= 0.6 is 0 Å². The van der Waals surface area contributed by atoms with Gasteiger partial charge < -0.3 is 24.9 Å². The van der Waals surface area contributed by atoms with Crippen molar-refractivity contribution in [3.63, 3.8) is 0 Å². The highest BCUT2D eigenvalue weighted by atomic mass is 19.2. The first-order chi connectivity index (χ1) is 20.6. The molecule has 224 valence electrons. The maximum Gasteiger partial charge on any atom is 0.333 e. The van der Waals surface area contributed by atoms with Crippen LogP contribution in [0.5, 0.6) is 11.8 Å². The van der Waals surface area contributed by atoms with Crippen molar-refractivity contribution in [2.24, 2.45) is 12.8 Å². The van der Waals surface area contributed by atoms with E-state index in [0.717, 1.165) is 32.4 Å². The maximum absolute atomic E-state index is 13.5. The molecule has 1 amide bonds. The average Bonchev–Trinajstić information content (AvgIpc) is 3.49. The van der Waals surface area contributed by atoms with Crippen molar-refractivity contribution < 1.29 is 27.5 Å². The largest absolute Gasteiger partial charge is 0.481 e. The van der Waals surface area contributed by atoms with E-state index in [2.05, 4.69) is 15.3 Å². The molecule has 3 N–H and O–H groups in total. The van der Waals surface area contributed by atoms with Crippen molar-refractivity contribution >= 4 is 17.0 Å². The van der Waals surface area contributed by atoms with Gasteiger partial charge >= 0.3 is 5.69 Å². The molecule has 12 nitrogen and oxygen atoms in total. The van der Waals surface area contributed by atoms with Crippen LogP contribution in [-0.4, -0.2) is 39.2 Å². The first-order valence-electron chi connectivity index (χ1n) is 12.8. The number of ether oxygens (including phenoxy) is 2. The molecule has 0 radical (unpaired) electrons. The summed E-state index contributed by atoms with van der Waals surface area (Å²) in [6, 6.07) is 11.4. The van der Waals surface area contributed by atoms with E-state index in [1.54, 1.807) is 25.4 Å². The number of fused-ring (bicyclic) bond motifs is 1. The third-order valence-electron chi connectivity index (χ3n) is 6.26. The Labute approximate surface area is 243 Å². The fraction of sp³-hybridized carbons (Fsp3) is 0.207. The van der Waals surface area contributed by atoms with Gasteiger partial charge in [-0.25, -0.2) is 23.5 Å². The van der Waals surface area contributed by atoms with Crippen molar-refractivity contribution in [3.8, 4) is 11.8 Å². The SMILES string of the molecule is COc1cc(CN)ccn1.COc1cc(CNC(=O)c2cc3c(=O)n(Cc4ccc(F)c(F)c4)c(=O)n(C)c3o2)ccn1. The van der Waals surface area contributed by atoms with Crippen LogP contribution in [0, 0.1) is 11.6 Å². The molecule has 4 aromatic heterocycles. The summed E-state index contributed by atoms with van der Waals surface area (Å²) in [7, 11) is 4.44. The lowest BCUT2D eigenvalue weighted by molar-refractivity contribution is 0.0924. The van der Waals surface area contributed by atoms with Crippen molar-refractivity contribution in [1.29, 1.82) is 0 Å². The summed E-state index contributed by atoms with van der Waals surface area (Å²) in [5.74, 6) is -1.88. The second-order valence-electron chi connectivity index (χ2n) is 9.11. The Hall–Kier alpha value is -5.37. The van der Waals surface area contributed by atoms with Gasteiger partial charge in [-0.2, -0.15) is 0 Å². The normalized spacial score (nSPS) is 10.7. The lowest BCUT2D eigenvalue weighted by Crippen LogP contribution is -2.39. The van der Waals surface area contributed by atoms with Crippen LogP contribution in [0.4, 0.5) is 8.78 Å². The number of halogens is 2. The van der Waals surface area contributed by atoms with Crippen LogP contribution in [-0.2, 0) is 26.7 Å². The summed E-state index contributed by atoms with van der Waals surface area (Å²) in [5, 5.41) is 2.65. The molecule has 4 heterocycles. The summed E-state index contributed by atoms with van der Waals surface area (Å²) >= 11 is 0. The molecular formula is C29H28F2N6O6. The van der Waals surface area contributed by atoms with Gasteiger partial charge in [-0.3, -0.25) is 18.7 Å². The lowest BCUT2D eigenvalue weighted by Gasteiger charge is -2.08. The molecule has 5 aromatic rings. The first-order valence-corrected chi connectivity index (χ1v) is 12.8. The Morgan fingerprint density at radius 2 is 1.58 bits per heavy atom. The number of nitrogens with one attached hydrogen (secondary N) is 1. The Bertz CT molecular complexity index is 1860. The molecule has 0 atom stereocenters. The molecule has 0 spiro atoms. The number of pyridine rings is 2. The third kappa shape index (κ3) is 7.11. The molecule has 0 fully saturated rings. The zero-order valence-electron chi connectivity index (χ0n) is 23.5. The zero-order valence-corrected chi connectivity index (χ0v) is 23.5. The summed E-state index contributed by atoms with van der Waals surface area (Å²) in [5.41, 5.74) is 5.84. The second kappa shape index (κ2) is 13.5. The number of carbonyl (C=O) groups excluding carboxylic acids is 1. The highest BCUT2D eigenvalue weighted by molar-refractivity contribution is 5.95. The van der Waals surface area contributed by atoms with Gasteiger partial charge in [0, 0.05) is 50.7 Å². The van der Waals surface area contributed by atoms with Crippen molar-refractivity contribution in [2.75, 3.05) is 14.2 Å². The smallest absolute Gasteiger partial charge is 0.333 e. The van der Waals surface area contributed by atoms with Crippen molar-refractivity contribution in [3.05, 3.63) is 116 Å². The van der Waals surface area contributed by atoms with Crippen LogP contribution < -0.4 is 31.8 Å². The highest BCUT2D eigenvalue weighted by Gasteiger charge is 2.20. The minimum atomic E-state index is -1.09. The van der Waals surface area contributed by atoms with E-state index in [-0.39, 0.29) is 35.5 Å². The zero-order chi connectivity index (χ0) is 31.1. The van der Waals surface area contributed by atoms with Gasteiger partial charge in [-0.15, -0.1) is 0 Å². The summed E-state index contributed by atoms with van der Waals surface area (Å²) in [6.45, 7) is 0.391. The molecular weight excluding hydrogens is 566 g/mol. The highest BCUT2D eigenvalue weighted by Crippen LogP contribution is 2.16. The number of nitrogens with zero attached hydrogens (tertiary/aromatic N) is 4. The number of hydrogen-bond donors (Lipinski definition) is 2. The topological polar surface area (TPSA) is 156 Å². The monoisotopic (exact) mass is 594 g/mol. The van der Waals surface area contributed by atoms with Crippen molar-refractivity contribution in [2.45, 2.75) is 19.6 Å². The molecule has 5 rings (SSSR count). The number of furan rings is 1. The standard InChI is InChI=1S/C22H18F2N4O5.C7H10N2O/c1-27-21-14(20(30)28(22(27)31)11-13-3-4-15(23)16(24)7-13)9-17(33-21)19(29)26-10-12-5-6-25-18(8-12)32-2;1-10-7-4-6(5-8)2-3-9-7/h3-9H,10-11H2,1-2H3,(H,26,29);2-4H,5,8H2,1H3. The number of amides is 1. The van der Waals surface area contributed by atoms with Gasteiger partial charge in [0.15, 0.2) is 17.4 Å². The predicted molar refractivity (Wildman–Crippen MR) is 152 cm³/mol. The van der Waals surface area contributed by atoms with E-state index in [1.165, 1.54) is 32.5 Å².